The average molecular weight is 430 g/mol. The molecule has 0 spiro atoms. The van der Waals surface area contributed by atoms with Gasteiger partial charge in [0.15, 0.2) is 0 Å². The molecule has 1 amide bonds. The van der Waals surface area contributed by atoms with Crippen molar-refractivity contribution in [3.63, 3.8) is 0 Å². The SMILES string of the molecule is C[C@@H]1C[C@@H](C)CN(S(=O)(=O)c2ccc(Cl)c(C(=O)NN3CC[NH+](C)CC3)c2)C1. The minimum absolute atomic E-state index is 0.117. The van der Waals surface area contributed by atoms with Crippen molar-refractivity contribution in [2.45, 2.75) is 25.2 Å². The maximum atomic E-state index is 13.1. The van der Waals surface area contributed by atoms with E-state index < -0.39 is 10.0 Å². The summed E-state index contributed by atoms with van der Waals surface area (Å²) in [5, 5.41) is 2.11. The zero-order valence-corrected chi connectivity index (χ0v) is 18.3. The van der Waals surface area contributed by atoms with Gasteiger partial charge in [-0.25, -0.2) is 13.4 Å². The minimum Gasteiger partial charge on any atom is -0.335 e. The lowest BCUT2D eigenvalue weighted by atomic mass is 9.94. The summed E-state index contributed by atoms with van der Waals surface area (Å²) in [6.45, 7) is 8.50. The number of carbonyl (C=O) groups is 1. The largest absolute Gasteiger partial charge is 0.335 e. The average Bonchev–Trinajstić information content (AvgIpc) is 2.63. The Labute approximate surface area is 172 Å². The fraction of sp³-hybridized carbons (Fsp3) is 0.632. The third-order valence-electron chi connectivity index (χ3n) is 5.53. The summed E-state index contributed by atoms with van der Waals surface area (Å²) in [5.74, 6) is 0.253. The van der Waals surface area contributed by atoms with Crippen LogP contribution in [0.25, 0.3) is 0 Å². The number of piperazine rings is 1. The number of quaternary nitrogens is 1. The van der Waals surface area contributed by atoms with Gasteiger partial charge < -0.3 is 4.90 Å². The van der Waals surface area contributed by atoms with Crippen LogP contribution in [0.1, 0.15) is 30.6 Å². The highest BCUT2D eigenvalue weighted by Crippen LogP contribution is 2.28. The van der Waals surface area contributed by atoms with Gasteiger partial charge in [0, 0.05) is 13.1 Å². The summed E-state index contributed by atoms with van der Waals surface area (Å²) in [5.41, 5.74) is 3.04. The Hall–Kier alpha value is -1.19. The molecule has 0 aliphatic carbocycles. The summed E-state index contributed by atoms with van der Waals surface area (Å²) >= 11 is 6.22. The first kappa shape index (κ1) is 21.5. The van der Waals surface area contributed by atoms with Crippen LogP contribution in [-0.2, 0) is 10.0 Å². The number of benzene rings is 1. The van der Waals surface area contributed by atoms with E-state index in [9.17, 15) is 13.2 Å². The Balaban J connectivity index is 1.79. The van der Waals surface area contributed by atoms with Gasteiger partial charge in [-0.3, -0.25) is 10.2 Å². The minimum atomic E-state index is -3.66. The number of sulfonamides is 1. The number of hydrogen-bond acceptors (Lipinski definition) is 4. The summed E-state index contributed by atoms with van der Waals surface area (Å²) in [6.07, 6.45) is 1.02. The molecule has 3 rings (SSSR count). The highest BCUT2D eigenvalue weighted by molar-refractivity contribution is 7.89. The van der Waals surface area contributed by atoms with Crippen LogP contribution in [0, 0.1) is 11.8 Å². The molecule has 2 saturated heterocycles. The molecule has 0 aromatic heterocycles. The van der Waals surface area contributed by atoms with Crippen LogP contribution >= 0.6 is 11.6 Å². The number of nitrogens with one attached hydrogen (secondary N) is 2. The van der Waals surface area contributed by atoms with Crippen LogP contribution in [-0.4, -0.2) is 70.0 Å². The Morgan fingerprint density at radius 2 is 1.79 bits per heavy atom. The Morgan fingerprint density at radius 3 is 2.39 bits per heavy atom. The molecule has 2 N–H and O–H groups in total. The van der Waals surface area contributed by atoms with Gasteiger partial charge in [0.05, 0.1) is 48.7 Å². The molecular formula is C19H30ClN4O3S+. The molecule has 1 aromatic rings. The molecule has 2 aliphatic rings. The van der Waals surface area contributed by atoms with Crippen molar-refractivity contribution in [1.29, 1.82) is 0 Å². The van der Waals surface area contributed by atoms with E-state index in [2.05, 4.69) is 26.3 Å². The van der Waals surface area contributed by atoms with Crippen molar-refractivity contribution in [2.75, 3.05) is 46.3 Å². The van der Waals surface area contributed by atoms with Crippen LogP contribution in [0.15, 0.2) is 23.1 Å². The Kier molecular flexibility index (Phi) is 6.66. The van der Waals surface area contributed by atoms with Gasteiger partial charge >= 0.3 is 0 Å². The number of rotatable bonds is 4. The van der Waals surface area contributed by atoms with Crippen molar-refractivity contribution < 1.29 is 18.1 Å². The first-order chi connectivity index (χ1) is 13.2. The number of piperidine rings is 1. The van der Waals surface area contributed by atoms with Crippen molar-refractivity contribution in [1.82, 2.24) is 14.7 Å². The lowest BCUT2D eigenvalue weighted by molar-refractivity contribution is -0.884. The van der Waals surface area contributed by atoms with E-state index in [1.54, 1.807) is 0 Å². The maximum Gasteiger partial charge on any atom is 0.267 e. The molecule has 0 bridgehead atoms. The number of halogens is 1. The van der Waals surface area contributed by atoms with Crippen LogP contribution in [0.2, 0.25) is 5.02 Å². The van der Waals surface area contributed by atoms with Crippen LogP contribution in [0.3, 0.4) is 0 Å². The number of hydrogen-bond donors (Lipinski definition) is 2. The molecule has 0 unspecified atom stereocenters. The number of likely N-dealkylation sites (N-methyl/N-ethyl adjacent to an activating group) is 1. The van der Waals surface area contributed by atoms with Gasteiger partial charge in [-0.1, -0.05) is 25.4 Å². The monoisotopic (exact) mass is 429 g/mol. The molecule has 1 aromatic carbocycles. The normalized spacial score (nSPS) is 25.6. The molecule has 156 valence electrons. The zero-order chi connectivity index (χ0) is 20.5. The van der Waals surface area contributed by atoms with Gasteiger partial charge in [0.2, 0.25) is 10.0 Å². The molecule has 2 atom stereocenters. The summed E-state index contributed by atoms with van der Waals surface area (Å²) in [7, 11) is -1.55. The first-order valence-electron chi connectivity index (χ1n) is 9.83. The maximum absolute atomic E-state index is 13.1. The van der Waals surface area contributed by atoms with Gasteiger partial charge in [0.25, 0.3) is 5.91 Å². The smallest absolute Gasteiger partial charge is 0.267 e. The second-order valence-corrected chi connectivity index (χ2v) is 10.6. The molecular weight excluding hydrogens is 400 g/mol. The van der Waals surface area contributed by atoms with E-state index in [-0.39, 0.29) is 21.4 Å². The molecule has 9 heteroatoms. The quantitative estimate of drug-likeness (QED) is 0.730. The standard InChI is InChI=1S/C19H29ClN4O3S/c1-14-10-15(2)13-24(12-14)28(26,27)16-4-5-18(20)17(11-16)19(25)21-23-8-6-22(3)7-9-23/h4-5,11,14-15H,6-10,12-13H2,1-3H3,(H,21,25)/p+1/t14-,15-/m1/s1. The summed E-state index contributed by atoms with van der Waals surface area (Å²) < 4.78 is 27.8. The van der Waals surface area contributed by atoms with Gasteiger partial charge in [-0.2, -0.15) is 4.31 Å². The molecule has 2 heterocycles. The highest BCUT2D eigenvalue weighted by atomic mass is 35.5. The third kappa shape index (κ3) is 4.86. The molecule has 2 aliphatic heterocycles. The number of carbonyl (C=O) groups excluding carboxylic acids is 1. The fourth-order valence-corrected chi connectivity index (χ4v) is 5.90. The van der Waals surface area contributed by atoms with Gasteiger partial charge in [0.1, 0.15) is 0 Å². The molecule has 7 nitrogen and oxygen atoms in total. The lowest BCUT2D eigenvalue weighted by Crippen LogP contribution is -3.12. The fourth-order valence-electron chi connectivity index (χ4n) is 3.99. The van der Waals surface area contributed by atoms with Crippen LogP contribution < -0.4 is 10.3 Å². The van der Waals surface area contributed by atoms with E-state index >= 15 is 0 Å². The first-order valence-corrected chi connectivity index (χ1v) is 11.7. The van der Waals surface area contributed by atoms with Crippen molar-refractivity contribution >= 4 is 27.5 Å². The number of nitrogens with zero attached hydrogens (tertiary/aromatic N) is 2. The molecule has 0 saturated carbocycles. The number of amides is 1. The highest BCUT2D eigenvalue weighted by Gasteiger charge is 2.32. The molecule has 0 radical (unpaired) electrons. The van der Waals surface area contributed by atoms with Crippen LogP contribution in [0.5, 0.6) is 0 Å². The van der Waals surface area contributed by atoms with Crippen molar-refractivity contribution in [2.24, 2.45) is 11.8 Å². The Morgan fingerprint density at radius 1 is 1.18 bits per heavy atom. The summed E-state index contributed by atoms with van der Waals surface area (Å²) in [4.78, 5) is 14.3. The second-order valence-electron chi connectivity index (χ2n) is 8.29. The van der Waals surface area contributed by atoms with Crippen molar-refractivity contribution in [3.05, 3.63) is 28.8 Å². The number of hydrazine groups is 1. The van der Waals surface area contributed by atoms with Crippen LogP contribution in [0.4, 0.5) is 0 Å². The zero-order valence-electron chi connectivity index (χ0n) is 16.7. The predicted octanol–water partition coefficient (Wildman–Crippen LogP) is 0.482. The lowest BCUT2D eigenvalue weighted by Gasteiger charge is -2.34. The van der Waals surface area contributed by atoms with Gasteiger partial charge in [-0.15, -0.1) is 0 Å². The van der Waals surface area contributed by atoms with Gasteiger partial charge in [-0.05, 0) is 36.5 Å². The van der Waals surface area contributed by atoms with E-state index in [4.69, 9.17) is 11.6 Å². The summed E-state index contributed by atoms with van der Waals surface area (Å²) in [6, 6.07) is 4.38. The third-order valence-corrected chi connectivity index (χ3v) is 7.69. The van der Waals surface area contributed by atoms with E-state index in [1.807, 2.05) is 5.01 Å². The topological polar surface area (TPSA) is 74.2 Å². The second kappa shape index (κ2) is 8.67. The van der Waals surface area contributed by atoms with E-state index in [0.717, 1.165) is 32.6 Å². The van der Waals surface area contributed by atoms with E-state index in [0.29, 0.717) is 24.9 Å². The van der Waals surface area contributed by atoms with E-state index in [1.165, 1.54) is 27.4 Å². The van der Waals surface area contributed by atoms with Crippen molar-refractivity contribution in [3.8, 4) is 0 Å². The molecule has 2 fully saturated rings. The predicted molar refractivity (Wildman–Crippen MR) is 109 cm³/mol. The Bertz CT molecular complexity index is 814. The molecule has 28 heavy (non-hydrogen) atoms.